The molecule has 2 aromatic rings. The Labute approximate surface area is 138 Å². The Hall–Kier alpha value is -2.31. The normalized spacial score (nSPS) is 10.3. The highest BCUT2D eigenvalue weighted by molar-refractivity contribution is 5.50. The molecule has 0 saturated carbocycles. The lowest BCUT2D eigenvalue weighted by Gasteiger charge is -2.12. The maximum absolute atomic E-state index is 6.02. The van der Waals surface area contributed by atoms with Crippen molar-refractivity contribution in [1.82, 2.24) is 19.7 Å². The average Bonchev–Trinajstić information content (AvgIpc) is 2.74. The molecular formula is C16H28N6O. The monoisotopic (exact) mass is 320 g/mol. The highest BCUT2D eigenvalue weighted by atomic mass is 16.5. The number of anilines is 2. The lowest BCUT2D eigenvalue weighted by Crippen LogP contribution is -2.08. The first-order valence-electron chi connectivity index (χ1n) is 7.51. The van der Waals surface area contributed by atoms with Crippen molar-refractivity contribution in [3.63, 3.8) is 0 Å². The maximum atomic E-state index is 6.02. The van der Waals surface area contributed by atoms with Gasteiger partial charge in [-0.05, 0) is 20.3 Å². The van der Waals surface area contributed by atoms with Crippen LogP contribution in [-0.2, 0) is 13.7 Å². The molecule has 128 valence electrons. The largest absolute Gasteiger partial charge is 0.482 e. The zero-order valence-electron chi connectivity index (χ0n) is 13.7. The minimum Gasteiger partial charge on any atom is -0.482 e. The molecule has 0 spiro atoms. The van der Waals surface area contributed by atoms with Crippen molar-refractivity contribution in [3.8, 4) is 5.75 Å². The van der Waals surface area contributed by atoms with Crippen LogP contribution in [0.2, 0.25) is 0 Å². The van der Waals surface area contributed by atoms with Gasteiger partial charge >= 0.3 is 0 Å². The SMILES string of the molecule is C.CCCCNc1nc(C)ncc1OCc1nn(C)c(C)c1N. The second-order valence-corrected chi connectivity index (χ2v) is 5.27. The first kappa shape index (κ1) is 18.7. The predicted octanol–water partition coefficient (Wildman–Crippen LogP) is 2.84. The van der Waals surface area contributed by atoms with E-state index in [2.05, 4.69) is 27.3 Å². The molecule has 3 N–H and O–H groups in total. The third kappa shape index (κ3) is 4.58. The van der Waals surface area contributed by atoms with Gasteiger partial charge in [-0.15, -0.1) is 0 Å². The molecule has 0 saturated heterocycles. The summed E-state index contributed by atoms with van der Waals surface area (Å²) in [6.07, 6.45) is 3.88. The van der Waals surface area contributed by atoms with Gasteiger partial charge in [0.25, 0.3) is 0 Å². The topological polar surface area (TPSA) is 90.9 Å². The van der Waals surface area contributed by atoms with E-state index in [4.69, 9.17) is 10.5 Å². The number of unbranched alkanes of at least 4 members (excludes halogenated alkanes) is 1. The van der Waals surface area contributed by atoms with Crippen molar-refractivity contribution in [2.75, 3.05) is 17.6 Å². The minimum absolute atomic E-state index is 0. The number of aromatic nitrogens is 4. The molecule has 0 aliphatic carbocycles. The highest BCUT2D eigenvalue weighted by Crippen LogP contribution is 2.23. The molecule has 0 unspecified atom stereocenters. The van der Waals surface area contributed by atoms with E-state index in [1.165, 1.54) is 0 Å². The van der Waals surface area contributed by atoms with Crippen LogP contribution in [0.1, 0.15) is 44.4 Å². The summed E-state index contributed by atoms with van der Waals surface area (Å²) in [5, 5.41) is 7.64. The smallest absolute Gasteiger partial charge is 0.180 e. The Morgan fingerprint density at radius 3 is 2.70 bits per heavy atom. The van der Waals surface area contributed by atoms with Crippen molar-refractivity contribution in [2.45, 2.75) is 47.6 Å². The third-order valence-electron chi connectivity index (χ3n) is 3.52. The van der Waals surface area contributed by atoms with Crippen molar-refractivity contribution < 1.29 is 4.74 Å². The Bertz CT molecular complexity index is 638. The highest BCUT2D eigenvalue weighted by Gasteiger charge is 2.12. The van der Waals surface area contributed by atoms with E-state index in [-0.39, 0.29) is 7.43 Å². The molecule has 2 aromatic heterocycles. The Morgan fingerprint density at radius 2 is 2.09 bits per heavy atom. The number of hydrogen-bond acceptors (Lipinski definition) is 6. The van der Waals surface area contributed by atoms with Gasteiger partial charge in [0, 0.05) is 13.6 Å². The molecule has 0 radical (unpaired) electrons. The molecule has 2 rings (SSSR count). The molecule has 7 nitrogen and oxygen atoms in total. The van der Waals surface area contributed by atoms with Crippen LogP contribution < -0.4 is 15.8 Å². The van der Waals surface area contributed by atoms with Crippen LogP contribution in [0.5, 0.6) is 5.75 Å². The average molecular weight is 320 g/mol. The summed E-state index contributed by atoms with van der Waals surface area (Å²) < 4.78 is 7.56. The number of ether oxygens (including phenoxy) is 1. The van der Waals surface area contributed by atoms with E-state index in [9.17, 15) is 0 Å². The number of nitrogens with one attached hydrogen (secondary N) is 1. The number of nitrogens with zero attached hydrogens (tertiary/aromatic N) is 4. The van der Waals surface area contributed by atoms with E-state index in [1.807, 2.05) is 20.9 Å². The van der Waals surface area contributed by atoms with Gasteiger partial charge in [0.05, 0.1) is 17.6 Å². The predicted molar refractivity (Wildman–Crippen MR) is 93.6 cm³/mol. The maximum Gasteiger partial charge on any atom is 0.180 e. The fraction of sp³-hybridized carbons (Fsp3) is 0.562. The number of nitrogens with two attached hydrogens (primary N) is 1. The summed E-state index contributed by atoms with van der Waals surface area (Å²) in [5.41, 5.74) is 8.33. The number of nitrogen functional groups attached to an aromatic ring is 1. The van der Waals surface area contributed by atoms with Gasteiger partial charge in [-0.25, -0.2) is 9.97 Å². The van der Waals surface area contributed by atoms with Crippen molar-refractivity contribution in [3.05, 3.63) is 23.4 Å². The van der Waals surface area contributed by atoms with Crippen molar-refractivity contribution in [1.29, 1.82) is 0 Å². The first-order chi connectivity index (χ1) is 10.5. The molecule has 0 fully saturated rings. The van der Waals surface area contributed by atoms with Gasteiger partial charge in [-0.1, -0.05) is 20.8 Å². The molecule has 2 heterocycles. The van der Waals surface area contributed by atoms with Crippen molar-refractivity contribution >= 4 is 11.5 Å². The Kier molecular flexibility index (Phi) is 6.81. The van der Waals surface area contributed by atoms with E-state index >= 15 is 0 Å². The van der Waals surface area contributed by atoms with Crippen LogP contribution >= 0.6 is 0 Å². The Morgan fingerprint density at radius 1 is 1.35 bits per heavy atom. The zero-order valence-corrected chi connectivity index (χ0v) is 13.7. The van der Waals surface area contributed by atoms with Crippen LogP contribution in [0, 0.1) is 13.8 Å². The first-order valence-corrected chi connectivity index (χ1v) is 7.51. The molecule has 23 heavy (non-hydrogen) atoms. The minimum atomic E-state index is 0. The lowest BCUT2D eigenvalue weighted by atomic mass is 10.3. The van der Waals surface area contributed by atoms with Gasteiger partial charge in [-0.3, -0.25) is 4.68 Å². The van der Waals surface area contributed by atoms with Crippen LogP contribution in [0.15, 0.2) is 6.20 Å². The van der Waals surface area contributed by atoms with Gasteiger partial charge in [0.15, 0.2) is 11.6 Å². The molecule has 0 aromatic carbocycles. The summed E-state index contributed by atoms with van der Waals surface area (Å²) in [6.45, 7) is 7.08. The summed E-state index contributed by atoms with van der Waals surface area (Å²) in [4.78, 5) is 8.59. The molecule has 0 amide bonds. The number of aryl methyl sites for hydroxylation is 2. The van der Waals surface area contributed by atoms with E-state index in [0.717, 1.165) is 30.8 Å². The van der Waals surface area contributed by atoms with Gasteiger partial charge in [-0.2, -0.15) is 5.10 Å². The van der Waals surface area contributed by atoms with E-state index < -0.39 is 0 Å². The fourth-order valence-electron chi connectivity index (χ4n) is 2.02. The molecule has 0 aliphatic heterocycles. The van der Waals surface area contributed by atoms with E-state index in [1.54, 1.807) is 10.9 Å². The lowest BCUT2D eigenvalue weighted by molar-refractivity contribution is 0.299. The van der Waals surface area contributed by atoms with Gasteiger partial charge < -0.3 is 15.8 Å². The second-order valence-electron chi connectivity index (χ2n) is 5.27. The van der Waals surface area contributed by atoms with Crippen molar-refractivity contribution in [2.24, 2.45) is 7.05 Å². The standard InChI is InChI=1S/C15H24N6O.CH4/c1-5-6-7-17-15-13(8-18-11(3)19-15)22-9-12-14(16)10(2)21(4)20-12;/h8H,5-7,9,16H2,1-4H3,(H,17,18,19);1H4. The number of hydrogen-bond donors (Lipinski definition) is 2. The molecule has 7 heteroatoms. The quantitative estimate of drug-likeness (QED) is 0.762. The number of rotatable bonds is 7. The van der Waals surface area contributed by atoms with Gasteiger partial charge in [0.2, 0.25) is 0 Å². The van der Waals surface area contributed by atoms with Crippen LogP contribution in [0.4, 0.5) is 11.5 Å². The van der Waals surface area contributed by atoms with Crippen LogP contribution in [-0.4, -0.2) is 26.3 Å². The molecule has 0 bridgehead atoms. The summed E-state index contributed by atoms with van der Waals surface area (Å²) >= 11 is 0. The molecule has 0 aliphatic rings. The van der Waals surface area contributed by atoms with Crippen LogP contribution in [0.3, 0.4) is 0 Å². The van der Waals surface area contributed by atoms with Gasteiger partial charge in [0.1, 0.15) is 18.1 Å². The fourth-order valence-corrected chi connectivity index (χ4v) is 2.02. The molecular weight excluding hydrogens is 292 g/mol. The van der Waals surface area contributed by atoms with E-state index in [0.29, 0.717) is 29.7 Å². The summed E-state index contributed by atoms with van der Waals surface area (Å²) in [7, 11) is 1.86. The Balaban J connectivity index is 0.00000264. The zero-order chi connectivity index (χ0) is 16.1. The third-order valence-corrected chi connectivity index (χ3v) is 3.52. The summed E-state index contributed by atoms with van der Waals surface area (Å²) in [5.74, 6) is 2.04. The molecule has 0 atom stereocenters. The second kappa shape index (κ2) is 8.36. The van der Waals surface area contributed by atoms with Crippen LogP contribution in [0.25, 0.3) is 0 Å². The summed E-state index contributed by atoms with van der Waals surface area (Å²) in [6, 6.07) is 0.